The minimum Gasteiger partial charge on any atom is -0.319 e. The third kappa shape index (κ3) is 1.62. The van der Waals surface area contributed by atoms with Crippen LogP contribution in [-0.4, -0.2) is 19.8 Å². The van der Waals surface area contributed by atoms with Crippen molar-refractivity contribution >= 4 is 16.3 Å². The Bertz CT molecular complexity index is 482. The summed E-state index contributed by atoms with van der Waals surface area (Å²) in [6.45, 7) is 6.23. The van der Waals surface area contributed by atoms with Crippen LogP contribution in [0.2, 0.25) is 0 Å². The lowest BCUT2D eigenvalue weighted by molar-refractivity contribution is 0.405. The smallest absolute Gasteiger partial charge is 0.234 e. The van der Waals surface area contributed by atoms with Gasteiger partial charge in [0.2, 0.25) is 4.96 Å². The molecular weight excluding hydrogens is 222 g/mol. The fourth-order valence-electron chi connectivity index (χ4n) is 1.63. The van der Waals surface area contributed by atoms with Crippen LogP contribution in [0.25, 0.3) is 4.96 Å². The van der Waals surface area contributed by atoms with E-state index in [0.717, 1.165) is 35.1 Å². The van der Waals surface area contributed by atoms with E-state index in [4.69, 9.17) is 5.73 Å². The molecule has 0 spiro atoms. The van der Waals surface area contributed by atoms with Gasteiger partial charge in [-0.1, -0.05) is 32.1 Å². The van der Waals surface area contributed by atoms with Gasteiger partial charge in [-0.05, 0) is 12.8 Å². The lowest BCUT2D eigenvalue weighted by atomic mass is 9.95. The normalized spacial score (nSPS) is 12.5. The number of rotatable bonds is 4. The van der Waals surface area contributed by atoms with Crippen LogP contribution in [0.3, 0.4) is 0 Å². The van der Waals surface area contributed by atoms with E-state index in [9.17, 15) is 0 Å². The van der Waals surface area contributed by atoms with E-state index in [0.29, 0.717) is 0 Å². The largest absolute Gasteiger partial charge is 0.319 e. The third-order valence-corrected chi connectivity index (χ3v) is 4.18. The lowest BCUT2D eigenvalue weighted by Gasteiger charge is -2.22. The molecule has 0 aliphatic rings. The first kappa shape index (κ1) is 11.5. The number of fused-ring (bicyclic) bond motifs is 1. The molecule has 0 aliphatic carbocycles. The molecule has 6 heteroatoms. The maximum absolute atomic E-state index is 6.32. The molecule has 2 aromatic rings. The summed E-state index contributed by atoms with van der Waals surface area (Å²) < 4.78 is 1.81. The first-order valence-electron chi connectivity index (χ1n) is 5.65. The molecule has 0 fully saturated rings. The van der Waals surface area contributed by atoms with E-state index in [-0.39, 0.29) is 5.54 Å². The molecule has 0 amide bonds. The number of aryl methyl sites for hydroxylation is 1. The Morgan fingerprint density at radius 3 is 2.50 bits per heavy atom. The predicted octanol–water partition coefficient (Wildman–Crippen LogP) is 1.72. The van der Waals surface area contributed by atoms with Gasteiger partial charge in [0, 0.05) is 6.42 Å². The second kappa shape index (κ2) is 4.10. The highest BCUT2D eigenvalue weighted by molar-refractivity contribution is 7.16. The molecule has 0 unspecified atom stereocenters. The van der Waals surface area contributed by atoms with Gasteiger partial charge in [-0.2, -0.15) is 9.61 Å². The first-order valence-corrected chi connectivity index (χ1v) is 6.46. The minimum absolute atomic E-state index is 0.323. The first-order chi connectivity index (χ1) is 7.64. The summed E-state index contributed by atoms with van der Waals surface area (Å²) in [7, 11) is 0. The van der Waals surface area contributed by atoms with E-state index in [1.54, 1.807) is 11.3 Å². The second-order valence-electron chi connectivity index (χ2n) is 3.93. The van der Waals surface area contributed by atoms with Crippen molar-refractivity contribution in [3.05, 3.63) is 10.8 Å². The van der Waals surface area contributed by atoms with Gasteiger partial charge in [0.25, 0.3) is 0 Å². The van der Waals surface area contributed by atoms with Gasteiger partial charge < -0.3 is 5.73 Å². The molecular formula is C10H17N5S. The zero-order valence-electron chi connectivity index (χ0n) is 9.90. The standard InChI is InChI=1S/C10H17N5S/c1-4-7-12-13-9-15(7)14-8(16-9)10(11,5-2)6-3/h4-6,11H2,1-3H3. The van der Waals surface area contributed by atoms with Gasteiger partial charge in [0.05, 0.1) is 5.54 Å². The summed E-state index contributed by atoms with van der Waals surface area (Å²) in [6, 6.07) is 0. The van der Waals surface area contributed by atoms with Crippen molar-refractivity contribution < 1.29 is 0 Å². The molecule has 0 saturated carbocycles. The predicted molar refractivity (Wildman–Crippen MR) is 64.5 cm³/mol. The average molecular weight is 239 g/mol. The van der Waals surface area contributed by atoms with E-state index < -0.39 is 0 Å². The summed E-state index contributed by atoms with van der Waals surface area (Å²) in [4.78, 5) is 0.837. The van der Waals surface area contributed by atoms with Gasteiger partial charge in [0.15, 0.2) is 5.82 Å². The van der Waals surface area contributed by atoms with Crippen molar-refractivity contribution in [2.24, 2.45) is 5.73 Å². The summed E-state index contributed by atoms with van der Waals surface area (Å²) >= 11 is 1.54. The van der Waals surface area contributed by atoms with Crippen LogP contribution in [0.1, 0.15) is 44.4 Å². The van der Waals surface area contributed by atoms with E-state index >= 15 is 0 Å². The number of nitrogens with two attached hydrogens (primary N) is 1. The number of aromatic nitrogens is 4. The Hall–Kier alpha value is -1.01. The van der Waals surface area contributed by atoms with Gasteiger partial charge in [-0.15, -0.1) is 10.2 Å². The second-order valence-corrected chi connectivity index (χ2v) is 4.89. The fourth-order valence-corrected chi connectivity index (χ4v) is 2.73. The molecule has 0 aromatic carbocycles. The van der Waals surface area contributed by atoms with Crippen LogP contribution in [0.15, 0.2) is 0 Å². The van der Waals surface area contributed by atoms with Crippen molar-refractivity contribution in [3.63, 3.8) is 0 Å². The minimum atomic E-state index is -0.323. The highest BCUT2D eigenvalue weighted by Crippen LogP contribution is 2.29. The molecule has 2 rings (SSSR count). The highest BCUT2D eigenvalue weighted by atomic mass is 32.1. The van der Waals surface area contributed by atoms with Crippen LogP contribution >= 0.6 is 11.3 Å². The summed E-state index contributed by atoms with van der Waals surface area (Å²) in [5, 5.41) is 13.7. The molecule has 2 aromatic heterocycles. The molecule has 0 atom stereocenters. The summed E-state index contributed by atoms with van der Waals surface area (Å²) in [5.41, 5.74) is 6.00. The lowest BCUT2D eigenvalue weighted by Crippen LogP contribution is -2.35. The Labute approximate surface area is 98.7 Å². The Balaban J connectivity index is 2.50. The quantitative estimate of drug-likeness (QED) is 0.882. The maximum Gasteiger partial charge on any atom is 0.234 e. The third-order valence-electron chi connectivity index (χ3n) is 3.06. The van der Waals surface area contributed by atoms with Crippen LogP contribution in [0.4, 0.5) is 0 Å². The van der Waals surface area contributed by atoms with Crippen molar-refractivity contribution in [3.8, 4) is 0 Å². The molecule has 0 radical (unpaired) electrons. The molecule has 5 nitrogen and oxygen atoms in total. The molecule has 2 heterocycles. The Morgan fingerprint density at radius 2 is 1.94 bits per heavy atom. The maximum atomic E-state index is 6.32. The van der Waals surface area contributed by atoms with Gasteiger partial charge >= 0.3 is 0 Å². The van der Waals surface area contributed by atoms with Crippen molar-refractivity contribution in [2.75, 3.05) is 0 Å². The van der Waals surface area contributed by atoms with Crippen LogP contribution in [0, 0.1) is 0 Å². The van der Waals surface area contributed by atoms with Crippen LogP contribution < -0.4 is 5.73 Å². The van der Waals surface area contributed by atoms with E-state index in [2.05, 4.69) is 29.1 Å². The highest BCUT2D eigenvalue weighted by Gasteiger charge is 2.28. The fraction of sp³-hybridized carbons (Fsp3) is 0.700. The molecule has 0 aliphatic heterocycles. The van der Waals surface area contributed by atoms with Crippen molar-refractivity contribution in [1.82, 2.24) is 19.8 Å². The molecule has 88 valence electrons. The van der Waals surface area contributed by atoms with Crippen LogP contribution in [-0.2, 0) is 12.0 Å². The molecule has 0 saturated heterocycles. The zero-order chi connectivity index (χ0) is 11.8. The molecule has 16 heavy (non-hydrogen) atoms. The molecule has 2 N–H and O–H groups in total. The van der Waals surface area contributed by atoms with Crippen molar-refractivity contribution in [2.45, 2.75) is 45.6 Å². The Morgan fingerprint density at radius 1 is 1.25 bits per heavy atom. The molecule has 0 bridgehead atoms. The topological polar surface area (TPSA) is 69.1 Å². The van der Waals surface area contributed by atoms with Gasteiger partial charge in [-0.3, -0.25) is 0 Å². The summed E-state index contributed by atoms with van der Waals surface area (Å²) in [6.07, 6.45) is 2.60. The summed E-state index contributed by atoms with van der Waals surface area (Å²) in [5.74, 6) is 0.895. The van der Waals surface area contributed by atoms with Crippen molar-refractivity contribution in [1.29, 1.82) is 0 Å². The zero-order valence-corrected chi connectivity index (χ0v) is 10.7. The Kier molecular flexibility index (Phi) is 2.94. The SMILES string of the molecule is CCc1nnc2sc(C(N)(CC)CC)nn12. The van der Waals surface area contributed by atoms with Gasteiger partial charge in [0.1, 0.15) is 5.01 Å². The van der Waals surface area contributed by atoms with E-state index in [1.165, 1.54) is 0 Å². The monoisotopic (exact) mass is 239 g/mol. The van der Waals surface area contributed by atoms with Gasteiger partial charge in [-0.25, -0.2) is 0 Å². The van der Waals surface area contributed by atoms with Crippen LogP contribution in [0.5, 0.6) is 0 Å². The average Bonchev–Trinajstić information content (AvgIpc) is 2.87. The van der Waals surface area contributed by atoms with E-state index in [1.807, 2.05) is 11.4 Å². The number of hydrogen-bond donors (Lipinski definition) is 1. The number of nitrogens with zero attached hydrogens (tertiary/aromatic N) is 4. The number of hydrogen-bond acceptors (Lipinski definition) is 5.